The van der Waals surface area contributed by atoms with Gasteiger partial charge in [0.15, 0.2) is 17.0 Å². The Morgan fingerprint density at radius 1 is 1.06 bits per heavy atom. The van der Waals surface area contributed by atoms with Crippen molar-refractivity contribution in [2.24, 2.45) is 7.05 Å². The highest BCUT2D eigenvalue weighted by Gasteiger charge is 2.15. The second-order valence-electron chi connectivity index (χ2n) is 7.89. The number of nitrogens with one attached hydrogen (secondary N) is 2. The van der Waals surface area contributed by atoms with Crippen LogP contribution >= 0.6 is 23.2 Å². The number of rotatable bonds is 5. The van der Waals surface area contributed by atoms with E-state index in [0.29, 0.717) is 45.8 Å². The molecule has 9 heteroatoms. The van der Waals surface area contributed by atoms with Crippen molar-refractivity contribution in [1.29, 1.82) is 0 Å². The van der Waals surface area contributed by atoms with Gasteiger partial charge in [-0.05, 0) is 54.8 Å². The molecular weight excluding hydrogens is 445 g/mol. The Bertz CT molecular complexity index is 1470. The van der Waals surface area contributed by atoms with E-state index in [1.54, 1.807) is 10.7 Å². The van der Waals surface area contributed by atoms with Gasteiger partial charge in [-0.1, -0.05) is 40.5 Å². The molecule has 0 fully saturated rings. The molecule has 5 rings (SSSR count). The smallest absolute Gasteiger partial charge is 0.183 e. The van der Waals surface area contributed by atoms with Crippen LogP contribution in [0.4, 0.5) is 5.82 Å². The fourth-order valence-electron chi connectivity index (χ4n) is 3.80. The Balaban J connectivity index is 1.47. The first-order valence-electron chi connectivity index (χ1n) is 10.2. The second-order valence-corrected chi connectivity index (χ2v) is 8.74. The number of fused-ring (bicyclic) bond motifs is 2. The zero-order valence-electron chi connectivity index (χ0n) is 17.9. The molecule has 3 heterocycles. The first-order chi connectivity index (χ1) is 15.4. The maximum absolute atomic E-state index is 6.36. The summed E-state index contributed by atoms with van der Waals surface area (Å²) in [6, 6.07) is 11.8. The second kappa shape index (κ2) is 8.07. The number of halogens is 2. The Kier molecular flexibility index (Phi) is 5.23. The van der Waals surface area contributed by atoms with Crippen molar-refractivity contribution in [2.75, 3.05) is 5.32 Å². The number of aromatic nitrogens is 6. The third kappa shape index (κ3) is 3.78. The Hall–Kier alpha value is -3.16. The fourth-order valence-corrected chi connectivity index (χ4v) is 4.28. The highest BCUT2D eigenvalue weighted by Crippen LogP contribution is 2.26. The van der Waals surface area contributed by atoms with Gasteiger partial charge in [-0.3, -0.25) is 0 Å². The topological polar surface area (TPSA) is 84.3 Å². The van der Waals surface area contributed by atoms with Gasteiger partial charge in [0.2, 0.25) is 0 Å². The monoisotopic (exact) mass is 465 g/mol. The molecule has 0 amide bonds. The zero-order valence-corrected chi connectivity index (χ0v) is 19.4. The largest absolute Gasteiger partial charge is 0.364 e. The number of hydrogen-bond acceptors (Lipinski definition) is 5. The van der Waals surface area contributed by atoms with Crippen LogP contribution in [0.5, 0.6) is 0 Å². The Morgan fingerprint density at radius 3 is 2.72 bits per heavy atom. The molecule has 0 saturated carbocycles. The van der Waals surface area contributed by atoms with Crippen LogP contribution in [0.3, 0.4) is 0 Å². The molecule has 0 spiro atoms. The number of aromatic amines is 1. The molecule has 2 aromatic carbocycles. The van der Waals surface area contributed by atoms with E-state index in [1.165, 1.54) is 16.6 Å². The van der Waals surface area contributed by atoms with E-state index in [4.69, 9.17) is 28.2 Å². The molecule has 5 aromatic rings. The molecule has 0 saturated heterocycles. The van der Waals surface area contributed by atoms with E-state index < -0.39 is 0 Å². The zero-order chi connectivity index (χ0) is 22.4. The average Bonchev–Trinajstić information content (AvgIpc) is 3.28. The minimum atomic E-state index is 0.472. The first-order valence-corrected chi connectivity index (χ1v) is 11.0. The van der Waals surface area contributed by atoms with E-state index in [-0.39, 0.29) is 0 Å². The third-order valence-electron chi connectivity index (χ3n) is 5.69. The molecule has 0 unspecified atom stereocenters. The summed E-state index contributed by atoms with van der Waals surface area (Å²) in [6.07, 6.45) is 0.472. The summed E-state index contributed by atoms with van der Waals surface area (Å²) in [5.74, 6) is 1.27. The molecule has 0 radical (unpaired) electrons. The van der Waals surface area contributed by atoms with Gasteiger partial charge in [0.05, 0.1) is 0 Å². The van der Waals surface area contributed by atoms with Gasteiger partial charge in [-0.2, -0.15) is 0 Å². The molecule has 0 aliphatic carbocycles. The molecule has 0 aliphatic heterocycles. The van der Waals surface area contributed by atoms with Crippen molar-refractivity contribution in [1.82, 2.24) is 29.9 Å². The highest BCUT2D eigenvalue weighted by atomic mass is 35.5. The fraction of sp³-hybridized carbons (Fsp3) is 0.217. The highest BCUT2D eigenvalue weighted by molar-refractivity contribution is 6.35. The van der Waals surface area contributed by atoms with Crippen molar-refractivity contribution in [3.63, 3.8) is 0 Å². The van der Waals surface area contributed by atoms with Crippen molar-refractivity contribution >= 4 is 51.1 Å². The maximum Gasteiger partial charge on any atom is 0.183 e. The lowest BCUT2D eigenvalue weighted by Gasteiger charge is -2.10. The van der Waals surface area contributed by atoms with E-state index >= 15 is 0 Å². The molecular formula is C23H21Cl2N7. The molecule has 0 atom stereocenters. The van der Waals surface area contributed by atoms with Crippen LogP contribution in [0, 0.1) is 13.8 Å². The molecule has 32 heavy (non-hydrogen) atoms. The quantitative estimate of drug-likeness (QED) is 0.364. The van der Waals surface area contributed by atoms with E-state index in [1.807, 2.05) is 19.2 Å². The van der Waals surface area contributed by atoms with Crippen LogP contribution < -0.4 is 5.32 Å². The van der Waals surface area contributed by atoms with Crippen molar-refractivity contribution < 1.29 is 0 Å². The molecule has 2 N–H and O–H groups in total. The Labute approximate surface area is 194 Å². The molecule has 0 aliphatic rings. The van der Waals surface area contributed by atoms with Crippen LogP contribution in [0.1, 0.15) is 28.2 Å². The lowest BCUT2D eigenvalue weighted by molar-refractivity contribution is 0.728. The predicted octanol–water partition coefficient (Wildman–Crippen LogP) is 5.37. The first kappa shape index (κ1) is 20.7. The summed E-state index contributed by atoms with van der Waals surface area (Å²) in [4.78, 5) is 12.8. The van der Waals surface area contributed by atoms with Gasteiger partial charge >= 0.3 is 0 Å². The third-order valence-corrected chi connectivity index (χ3v) is 6.28. The van der Waals surface area contributed by atoms with Crippen LogP contribution in [0.2, 0.25) is 10.0 Å². The lowest BCUT2D eigenvalue weighted by atomic mass is 10.1. The van der Waals surface area contributed by atoms with Crippen molar-refractivity contribution in [2.45, 2.75) is 26.8 Å². The van der Waals surface area contributed by atoms with E-state index in [2.05, 4.69) is 57.6 Å². The van der Waals surface area contributed by atoms with Gasteiger partial charge in [0.25, 0.3) is 0 Å². The van der Waals surface area contributed by atoms with Gasteiger partial charge in [-0.25, -0.2) is 14.6 Å². The standard InChI is InChI=1S/C23H21Cl2N7/c1-12-13(2)27-19-7-4-14(8-17(12)19)11-26-22-21-23(32(3)31-30-21)29-20(28-22)9-15-5-6-16(24)10-18(15)25/h4-8,10,27H,9,11H2,1-3H3,(H,26,28,29). The van der Waals surface area contributed by atoms with E-state index in [9.17, 15) is 0 Å². The summed E-state index contributed by atoms with van der Waals surface area (Å²) >= 11 is 12.4. The maximum atomic E-state index is 6.36. The van der Waals surface area contributed by atoms with Crippen molar-refractivity contribution in [3.8, 4) is 0 Å². The average molecular weight is 466 g/mol. The summed E-state index contributed by atoms with van der Waals surface area (Å²) < 4.78 is 1.65. The Morgan fingerprint density at radius 2 is 1.91 bits per heavy atom. The van der Waals surface area contributed by atoms with Gasteiger partial charge in [0.1, 0.15) is 5.82 Å². The van der Waals surface area contributed by atoms with Crippen LogP contribution in [-0.2, 0) is 20.0 Å². The van der Waals surface area contributed by atoms with Crippen molar-refractivity contribution in [3.05, 3.63) is 74.7 Å². The minimum Gasteiger partial charge on any atom is -0.364 e. The lowest BCUT2D eigenvalue weighted by Crippen LogP contribution is -2.07. The molecule has 162 valence electrons. The summed E-state index contributed by atoms with van der Waals surface area (Å²) in [6.45, 7) is 4.82. The molecule has 7 nitrogen and oxygen atoms in total. The summed E-state index contributed by atoms with van der Waals surface area (Å²) in [7, 11) is 1.82. The number of anilines is 1. The number of hydrogen-bond donors (Lipinski definition) is 2. The molecule has 0 bridgehead atoms. The van der Waals surface area contributed by atoms with E-state index in [0.717, 1.165) is 16.6 Å². The molecule has 3 aromatic heterocycles. The van der Waals surface area contributed by atoms with Crippen LogP contribution in [0.25, 0.3) is 22.1 Å². The van der Waals surface area contributed by atoms with Gasteiger partial charge in [-0.15, -0.1) is 5.10 Å². The number of aryl methyl sites for hydroxylation is 3. The van der Waals surface area contributed by atoms with Crippen LogP contribution in [0.15, 0.2) is 36.4 Å². The minimum absolute atomic E-state index is 0.472. The number of nitrogens with zero attached hydrogens (tertiary/aromatic N) is 5. The number of benzene rings is 2. The number of H-pyrrole nitrogens is 1. The van der Waals surface area contributed by atoms with Crippen LogP contribution in [-0.4, -0.2) is 29.9 Å². The SMILES string of the molecule is Cc1[nH]c2ccc(CNc3nc(Cc4ccc(Cl)cc4Cl)nc4c3nnn4C)cc2c1C. The summed E-state index contributed by atoms with van der Waals surface area (Å²) in [5, 5.41) is 14.2. The summed E-state index contributed by atoms with van der Waals surface area (Å²) in [5.41, 5.74) is 6.94. The normalized spacial score (nSPS) is 11.5. The van der Waals surface area contributed by atoms with Gasteiger partial charge in [0, 0.05) is 46.7 Å². The predicted molar refractivity (Wildman–Crippen MR) is 128 cm³/mol. The van der Waals surface area contributed by atoms with Gasteiger partial charge < -0.3 is 10.3 Å².